The molecule has 0 aromatic heterocycles. The highest BCUT2D eigenvalue weighted by atomic mass is 16.5. The van der Waals surface area contributed by atoms with Crippen molar-refractivity contribution in [2.45, 2.75) is 45.4 Å². The van der Waals surface area contributed by atoms with Crippen LogP contribution in [0.3, 0.4) is 0 Å². The molecule has 78 valence electrons. The lowest BCUT2D eigenvalue weighted by Crippen LogP contribution is -2.46. The summed E-state index contributed by atoms with van der Waals surface area (Å²) in [6, 6.07) is 0.313. The maximum absolute atomic E-state index is 5.72. The molecule has 1 aliphatic heterocycles. The van der Waals surface area contributed by atoms with E-state index in [9.17, 15) is 0 Å². The Morgan fingerprint density at radius 3 is 2.38 bits per heavy atom. The van der Waals surface area contributed by atoms with Crippen molar-refractivity contribution in [1.29, 1.82) is 0 Å². The molecule has 1 aliphatic rings. The molecule has 0 saturated carbocycles. The van der Waals surface area contributed by atoms with Crippen LogP contribution in [0.2, 0.25) is 0 Å². The van der Waals surface area contributed by atoms with Gasteiger partial charge in [0.2, 0.25) is 0 Å². The number of morpholine rings is 1. The number of hydrogen-bond acceptors (Lipinski definition) is 3. The molecule has 3 heteroatoms. The highest BCUT2D eigenvalue weighted by Crippen LogP contribution is 2.10. The Kier molecular flexibility index (Phi) is 4.16. The summed E-state index contributed by atoms with van der Waals surface area (Å²) >= 11 is 0. The molecular weight excluding hydrogens is 164 g/mol. The normalized spacial score (nSPS) is 33.2. The molecule has 0 aromatic rings. The van der Waals surface area contributed by atoms with E-state index >= 15 is 0 Å². The predicted octanol–water partition coefficient (Wildman–Crippen LogP) is 0.833. The van der Waals surface area contributed by atoms with E-state index in [0.29, 0.717) is 18.2 Å². The van der Waals surface area contributed by atoms with E-state index in [0.717, 1.165) is 26.1 Å². The lowest BCUT2D eigenvalue weighted by atomic mass is 10.2. The Labute approximate surface area is 81.2 Å². The lowest BCUT2D eigenvalue weighted by molar-refractivity contribution is -0.0683. The molecule has 0 aromatic carbocycles. The van der Waals surface area contributed by atoms with Gasteiger partial charge in [0, 0.05) is 19.1 Å². The Hall–Kier alpha value is -0.120. The van der Waals surface area contributed by atoms with Gasteiger partial charge in [0.1, 0.15) is 0 Å². The van der Waals surface area contributed by atoms with Gasteiger partial charge in [-0.3, -0.25) is 4.90 Å². The average molecular weight is 186 g/mol. The summed E-state index contributed by atoms with van der Waals surface area (Å²) in [5.74, 6) is 0. The quantitative estimate of drug-likeness (QED) is 0.709. The van der Waals surface area contributed by atoms with Gasteiger partial charge in [0.05, 0.1) is 12.2 Å². The van der Waals surface area contributed by atoms with Crippen LogP contribution in [-0.4, -0.2) is 42.8 Å². The molecule has 0 radical (unpaired) electrons. The van der Waals surface area contributed by atoms with E-state index in [1.54, 1.807) is 0 Å². The van der Waals surface area contributed by atoms with Crippen molar-refractivity contribution in [3.63, 3.8) is 0 Å². The molecule has 2 N–H and O–H groups in total. The van der Waals surface area contributed by atoms with E-state index in [-0.39, 0.29) is 0 Å². The third-order valence-corrected chi connectivity index (χ3v) is 2.40. The van der Waals surface area contributed by atoms with Crippen molar-refractivity contribution >= 4 is 0 Å². The van der Waals surface area contributed by atoms with E-state index in [2.05, 4.69) is 25.7 Å². The van der Waals surface area contributed by atoms with Crippen LogP contribution in [0.1, 0.15) is 27.2 Å². The minimum Gasteiger partial charge on any atom is -0.373 e. The summed E-state index contributed by atoms with van der Waals surface area (Å²) in [5, 5.41) is 0. The largest absolute Gasteiger partial charge is 0.373 e. The van der Waals surface area contributed by atoms with Gasteiger partial charge in [-0.15, -0.1) is 0 Å². The number of hydrogen-bond donors (Lipinski definition) is 1. The Morgan fingerprint density at radius 1 is 1.38 bits per heavy atom. The van der Waals surface area contributed by atoms with Crippen LogP contribution in [0, 0.1) is 0 Å². The SMILES string of the molecule is CC(N)CCN1CC(C)OC(C)C1. The molecule has 1 fully saturated rings. The number of nitrogens with two attached hydrogens (primary N) is 1. The Morgan fingerprint density at radius 2 is 1.92 bits per heavy atom. The summed E-state index contributed by atoms with van der Waals surface area (Å²) in [7, 11) is 0. The van der Waals surface area contributed by atoms with Gasteiger partial charge in [-0.05, 0) is 33.7 Å². The second kappa shape index (κ2) is 4.94. The summed E-state index contributed by atoms with van der Waals surface area (Å²) in [5.41, 5.74) is 5.72. The summed E-state index contributed by atoms with van der Waals surface area (Å²) in [6.45, 7) is 9.54. The van der Waals surface area contributed by atoms with Gasteiger partial charge in [-0.1, -0.05) is 0 Å². The maximum atomic E-state index is 5.72. The molecular formula is C10H22N2O. The van der Waals surface area contributed by atoms with Gasteiger partial charge < -0.3 is 10.5 Å². The molecule has 3 unspecified atom stereocenters. The second-order valence-electron chi connectivity index (χ2n) is 4.28. The number of ether oxygens (including phenoxy) is 1. The van der Waals surface area contributed by atoms with Crippen LogP contribution in [0.25, 0.3) is 0 Å². The topological polar surface area (TPSA) is 38.5 Å². The third-order valence-electron chi connectivity index (χ3n) is 2.40. The van der Waals surface area contributed by atoms with Crippen molar-refractivity contribution in [3.8, 4) is 0 Å². The van der Waals surface area contributed by atoms with E-state index in [1.807, 2.05) is 0 Å². The minimum absolute atomic E-state index is 0.313. The maximum Gasteiger partial charge on any atom is 0.0678 e. The van der Waals surface area contributed by atoms with Crippen molar-refractivity contribution < 1.29 is 4.74 Å². The van der Waals surface area contributed by atoms with Gasteiger partial charge in [-0.2, -0.15) is 0 Å². The fraction of sp³-hybridized carbons (Fsp3) is 1.00. The first-order valence-corrected chi connectivity index (χ1v) is 5.21. The van der Waals surface area contributed by atoms with Crippen LogP contribution in [0.4, 0.5) is 0 Å². The van der Waals surface area contributed by atoms with E-state index in [4.69, 9.17) is 10.5 Å². The van der Waals surface area contributed by atoms with Crippen LogP contribution >= 0.6 is 0 Å². The van der Waals surface area contributed by atoms with E-state index in [1.165, 1.54) is 0 Å². The Balaban J connectivity index is 2.25. The minimum atomic E-state index is 0.313. The monoisotopic (exact) mass is 186 g/mol. The van der Waals surface area contributed by atoms with Gasteiger partial charge in [0.25, 0.3) is 0 Å². The Bertz CT molecular complexity index is 140. The fourth-order valence-electron chi connectivity index (χ4n) is 1.85. The fourth-order valence-corrected chi connectivity index (χ4v) is 1.85. The number of rotatable bonds is 3. The van der Waals surface area contributed by atoms with Crippen molar-refractivity contribution in [2.75, 3.05) is 19.6 Å². The van der Waals surface area contributed by atoms with Gasteiger partial charge >= 0.3 is 0 Å². The highest BCUT2D eigenvalue weighted by molar-refractivity contribution is 4.73. The number of nitrogens with zero attached hydrogens (tertiary/aromatic N) is 1. The van der Waals surface area contributed by atoms with Crippen LogP contribution in [0.15, 0.2) is 0 Å². The summed E-state index contributed by atoms with van der Waals surface area (Å²) in [6.07, 6.45) is 1.83. The van der Waals surface area contributed by atoms with Crippen molar-refractivity contribution in [3.05, 3.63) is 0 Å². The lowest BCUT2D eigenvalue weighted by Gasteiger charge is -2.35. The van der Waals surface area contributed by atoms with Crippen LogP contribution in [0.5, 0.6) is 0 Å². The molecule has 3 atom stereocenters. The molecule has 0 aliphatic carbocycles. The van der Waals surface area contributed by atoms with Gasteiger partial charge in [-0.25, -0.2) is 0 Å². The highest BCUT2D eigenvalue weighted by Gasteiger charge is 2.21. The molecule has 1 heterocycles. The zero-order chi connectivity index (χ0) is 9.84. The first kappa shape index (κ1) is 11.0. The van der Waals surface area contributed by atoms with Crippen LogP contribution < -0.4 is 5.73 Å². The van der Waals surface area contributed by atoms with Crippen LogP contribution in [-0.2, 0) is 4.74 Å². The smallest absolute Gasteiger partial charge is 0.0678 e. The predicted molar refractivity (Wildman–Crippen MR) is 54.7 cm³/mol. The van der Waals surface area contributed by atoms with Crippen molar-refractivity contribution in [1.82, 2.24) is 4.90 Å². The van der Waals surface area contributed by atoms with E-state index < -0.39 is 0 Å². The standard InChI is InChI=1S/C10H22N2O/c1-8(11)4-5-12-6-9(2)13-10(3)7-12/h8-10H,4-7,11H2,1-3H3. The third kappa shape index (κ3) is 4.07. The zero-order valence-corrected chi connectivity index (χ0v) is 8.99. The van der Waals surface area contributed by atoms with Gasteiger partial charge in [0.15, 0.2) is 0 Å². The molecule has 0 spiro atoms. The molecule has 0 amide bonds. The molecule has 1 rings (SSSR count). The average Bonchev–Trinajstić information content (AvgIpc) is 1.99. The summed E-state index contributed by atoms with van der Waals surface area (Å²) < 4.78 is 5.65. The molecule has 1 saturated heterocycles. The van der Waals surface area contributed by atoms with Crippen molar-refractivity contribution in [2.24, 2.45) is 5.73 Å². The molecule has 3 nitrogen and oxygen atoms in total. The molecule has 13 heavy (non-hydrogen) atoms. The summed E-state index contributed by atoms with van der Waals surface area (Å²) in [4.78, 5) is 2.45. The first-order valence-electron chi connectivity index (χ1n) is 5.21. The zero-order valence-electron chi connectivity index (χ0n) is 8.99. The second-order valence-corrected chi connectivity index (χ2v) is 4.28. The molecule has 0 bridgehead atoms. The first-order chi connectivity index (χ1) is 6.08.